The first-order chi connectivity index (χ1) is 17.4. The predicted octanol–water partition coefficient (Wildman–Crippen LogP) is 4.07. The summed E-state index contributed by atoms with van der Waals surface area (Å²) in [5, 5.41) is 15.4. The summed E-state index contributed by atoms with van der Waals surface area (Å²) < 4.78 is 15.2. The average Bonchev–Trinajstić information content (AvgIpc) is 2.83. The number of amides is 2. The first-order valence-corrected chi connectivity index (χ1v) is 16.0. The molecule has 0 saturated heterocycles. The lowest BCUT2D eigenvalue weighted by molar-refractivity contribution is -0.137. The van der Waals surface area contributed by atoms with Crippen molar-refractivity contribution in [1.29, 1.82) is 0 Å². The van der Waals surface area contributed by atoms with Gasteiger partial charge in [0.25, 0.3) is 0 Å². The van der Waals surface area contributed by atoms with Crippen molar-refractivity contribution in [2.45, 2.75) is 110 Å². The Kier molecular flexibility index (Phi) is 20.4. The first-order valence-electron chi connectivity index (χ1n) is 13.5. The van der Waals surface area contributed by atoms with E-state index in [1.54, 1.807) is 0 Å². The molecule has 12 heteroatoms. The fourth-order valence-corrected chi connectivity index (χ4v) is 4.75. The molecule has 1 atom stereocenters. The second kappa shape index (κ2) is 20.9. The summed E-state index contributed by atoms with van der Waals surface area (Å²) in [5.41, 5.74) is -1.25. The molecule has 0 aliphatic heterocycles. The highest BCUT2D eigenvalue weighted by atomic mass is 32.2. The number of phosphoric ester groups is 1. The zero-order valence-corrected chi connectivity index (χ0v) is 24.5. The molecule has 5 N–H and O–H groups in total. The van der Waals surface area contributed by atoms with Crippen LogP contribution in [0.3, 0.4) is 0 Å². The number of carbonyl (C=O) groups is 3. The van der Waals surface area contributed by atoms with Gasteiger partial charge in [-0.2, -0.15) is 0 Å². The van der Waals surface area contributed by atoms with Gasteiger partial charge in [-0.05, 0) is 6.42 Å². The van der Waals surface area contributed by atoms with Crippen molar-refractivity contribution in [1.82, 2.24) is 10.6 Å². The maximum absolute atomic E-state index is 12.1. The van der Waals surface area contributed by atoms with E-state index in [0.717, 1.165) is 12.8 Å². The summed E-state index contributed by atoms with van der Waals surface area (Å²) in [6.07, 6.45) is 12.6. The predicted molar refractivity (Wildman–Crippen MR) is 147 cm³/mol. The maximum atomic E-state index is 12.1. The highest BCUT2D eigenvalue weighted by Gasteiger charge is 2.35. The van der Waals surface area contributed by atoms with Crippen molar-refractivity contribution < 1.29 is 38.4 Å². The van der Waals surface area contributed by atoms with Crippen molar-refractivity contribution in [3.8, 4) is 0 Å². The third-order valence-electron chi connectivity index (χ3n) is 5.92. The van der Waals surface area contributed by atoms with E-state index in [4.69, 9.17) is 9.79 Å². The number of thioether (sulfide) groups is 1. The van der Waals surface area contributed by atoms with Crippen LogP contribution in [0.1, 0.15) is 104 Å². The van der Waals surface area contributed by atoms with Crippen LogP contribution >= 0.6 is 19.6 Å². The van der Waals surface area contributed by atoms with Crippen LogP contribution < -0.4 is 10.6 Å². The molecule has 0 aliphatic rings. The molecule has 0 fully saturated rings. The number of hydrogen-bond donors (Lipinski definition) is 5. The Morgan fingerprint density at radius 1 is 0.865 bits per heavy atom. The molecule has 37 heavy (non-hydrogen) atoms. The molecule has 0 rings (SSSR count). The minimum absolute atomic E-state index is 0.00474. The highest BCUT2D eigenvalue weighted by molar-refractivity contribution is 8.13. The van der Waals surface area contributed by atoms with Crippen LogP contribution in [0.2, 0.25) is 0 Å². The summed E-state index contributed by atoms with van der Waals surface area (Å²) >= 11 is 1.22. The van der Waals surface area contributed by atoms with Crippen LogP contribution in [-0.4, -0.2) is 63.4 Å². The van der Waals surface area contributed by atoms with Gasteiger partial charge in [0.1, 0.15) is 6.10 Å². The minimum Gasteiger partial charge on any atom is -0.383 e. The van der Waals surface area contributed by atoms with Gasteiger partial charge in [-0.1, -0.05) is 96.7 Å². The molecular weight excluding hydrogens is 519 g/mol. The number of rotatable bonds is 23. The normalized spacial score (nSPS) is 12.8. The van der Waals surface area contributed by atoms with E-state index < -0.39 is 31.9 Å². The van der Waals surface area contributed by atoms with Gasteiger partial charge in [0.15, 0.2) is 5.12 Å². The van der Waals surface area contributed by atoms with Gasteiger partial charge in [0.05, 0.1) is 6.61 Å². The van der Waals surface area contributed by atoms with Gasteiger partial charge in [-0.25, -0.2) is 4.57 Å². The SMILES string of the molecule is CCCCCCCCCCCCCC(=O)SCCNC(=O)CCNC(=O)C(O)C(C)(C)COP(=O)(O)O. The molecule has 218 valence electrons. The Balaban J connectivity index is 3.75. The molecule has 0 aromatic rings. The van der Waals surface area contributed by atoms with Crippen LogP contribution in [0.4, 0.5) is 0 Å². The van der Waals surface area contributed by atoms with Crippen LogP contribution in [0, 0.1) is 5.41 Å². The topological polar surface area (TPSA) is 162 Å². The molecule has 0 saturated carbocycles. The first kappa shape index (κ1) is 36.0. The number of carbonyl (C=O) groups excluding carboxylic acids is 3. The summed E-state index contributed by atoms with van der Waals surface area (Å²) in [4.78, 5) is 53.5. The summed E-state index contributed by atoms with van der Waals surface area (Å²) in [5.74, 6) is -0.575. The quantitative estimate of drug-likeness (QED) is 0.0903. The minimum atomic E-state index is -4.72. The van der Waals surface area contributed by atoms with Crippen molar-refractivity contribution in [3.05, 3.63) is 0 Å². The lowest BCUT2D eigenvalue weighted by Gasteiger charge is -2.29. The molecule has 10 nitrogen and oxygen atoms in total. The molecule has 0 aromatic carbocycles. The van der Waals surface area contributed by atoms with Crippen LogP contribution in [-0.2, 0) is 23.5 Å². The number of aliphatic hydroxyl groups excluding tert-OH is 1. The molecule has 0 spiro atoms. The van der Waals surface area contributed by atoms with Gasteiger partial charge in [-0.15, -0.1) is 0 Å². The van der Waals surface area contributed by atoms with E-state index in [1.807, 2.05) is 0 Å². The van der Waals surface area contributed by atoms with E-state index in [1.165, 1.54) is 83.4 Å². The second-order valence-corrected chi connectivity index (χ2v) is 12.4. The van der Waals surface area contributed by atoms with Crippen molar-refractivity contribution >= 4 is 36.5 Å². The van der Waals surface area contributed by atoms with E-state index in [2.05, 4.69) is 22.1 Å². The van der Waals surface area contributed by atoms with E-state index in [0.29, 0.717) is 18.7 Å². The molecule has 0 aromatic heterocycles. The Labute approximate surface area is 226 Å². The van der Waals surface area contributed by atoms with E-state index in [9.17, 15) is 24.1 Å². The molecule has 0 radical (unpaired) electrons. The van der Waals surface area contributed by atoms with Crippen molar-refractivity contribution in [3.63, 3.8) is 0 Å². The fourth-order valence-electron chi connectivity index (χ4n) is 3.53. The van der Waals surface area contributed by atoms with Crippen LogP contribution in [0.5, 0.6) is 0 Å². The lowest BCUT2D eigenvalue weighted by Crippen LogP contribution is -2.46. The smallest absolute Gasteiger partial charge is 0.383 e. The number of phosphoric acid groups is 1. The second-order valence-electron chi connectivity index (χ2n) is 10.1. The Morgan fingerprint density at radius 3 is 1.95 bits per heavy atom. The number of nitrogens with one attached hydrogen (secondary N) is 2. The third-order valence-corrected chi connectivity index (χ3v) is 7.32. The molecule has 2 amide bonds. The summed E-state index contributed by atoms with van der Waals surface area (Å²) in [7, 11) is -4.72. The molecular formula is C25H49N2O8PS. The summed E-state index contributed by atoms with van der Waals surface area (Å²) in [6.45, 7) is 4.89. The van der Waals surface area contributed by atoms with Crippen LogP contribution in [0.15, 0.2) is 0 Å². The Morgan fingerprint density at radius 2 is 1.41 bits per heavy atom. The standard InChI is InChI=1S/C25H49N2O8PS/c1-4-5-6-7-8-9-10-11-12-13-14-15-22(29)37-19-18-26-21(28)16-17-27-24(31)23(30)25(2,3)20-35-36(32,33)34/h23,30H,4-20H2,1-3H3,(H,26,28)(H,27,31)(H2,32,33,34). The lowest BCUT2D eigenvalue weighted by atomic mass is 9.87. The Hall–Kier alpha value is -0.970. The van der Waals surface area contributed by atoms with Gasteiger partial charge < -0.3 is 25.5 Å². The fraction of sp³-hybridized carbons (Fsp3) is 0.880. The molecule has 0 aliphatic carbocycles. The molecule has 1 unspecified atom stereocenters. The van der Waals surface area contributed by atoms with Gasteiger partial charge in [0.2, 0.25) is 11.8 Å². The van der Waals surface area contributed by atoms with Gasteiger partial charge >= 0.3 is 7.82 Å². The Bertz CT molecular complexity index is 702. The zero-order chi connectivity index (χ0) is 28.2. The van der Waals surface area contributed by atoms with Crippen molar-refractivity contribution in [2.24, 2.45) is 5.41 Å². The van der Waals surface area contributed by atoms with Crippen molar-refractivity contribution in [2.75, 3.05) is 25.4 Å². The number of aliphatic hydroxyl groups is 1. The highest BCUT2D eigenvalue weighted by Crippen LogP contribution is 2.38. The zero-order valence-electron chi connectivity index (χ0n) is 22.8. The van der Waals surface area contributed by atoms with Gasteiger partial charge in [0, 0.05) is 37.1 Å². The van der Waals surface area contributed by atoms with Gasteiger partial charge in [-0.3, -0.25) is 18.9 Å². The van der Waals surface area contributed by atoms with E-state index in [-0.39, 0.29) is 24.0 Å². The largest absolute Gasteiger partial charge is 0.469 e. The monoisotopic (exact) mass is 568 g/mol. The number of hydrogen-bond acceptors (Lipinski definition) is 7. The third kappa shape index (κ3) is 21.6. The van der Waals surface area contributed by atoms with E-state index >= 15 is 0 Å². The average molecular weight is 569 g/mol. The number of unbranched alkanes of at least 4 members (excludes halogenated alkanes) is 10. The van der Waals surface area contributed by atoms with Crippen LogP contribution in [0.25, 0.3) is 0 Å². The summed E-state index contributed by atoms with van der Waals surface area (Å²) in [6, 6.07) is 0. The molecule has 0 heterocycles. The maximum Gasteiger partial charge on any atom is 0.469 e. The molecule has 0 bridgehead atoms.